The van der Waals surface area contributed by atoms with Crippen molar-refractivity contribution in [2.24, 2.45) is 0 Å². The minimum absolute atomic E-state index is 0.286. The number of aromatic nitrogens is 1. The molecule has 0 atom stereocenters. The van der Waals surface area contributed by atoms with Gasteiger partial charge in [-0.2, -0.15) is 0 Å². The Labute approximate surface area is 180 Å². The molecule has 1 aromatic heterocycles. The number of hydrogen-bond donors (Lipinski definition) is 0. The third-order valence-electron chi connectivity index (χ3n) is 5.52. The van der Waals surface area contributed by atoms with Crippen molar-refractivity contribution in [1.29, 1.82) is 0 Å². The number of amides is 1. The summed E-state index contributed by atoms with van der Waals surface area (Å²) < 4.78 is 1.25. The quantitative estimate of drug-likeness (QED) is 0.405. The maximum atomic E-state index is 12.6. The fourth-order valence-electron chi connectivity index (χ4n) is 3.58. The Morgan fingerprint density at radius 2 is 1.83 bits per heavy atom. The third kappa shape index (κ3) is 4.75. The van der Waals surface area contributed by atoms with E-state index in [1.54, 1.807) is 11.3 Å². The van der Waals surface area contributed by atoms with Crippen molar-refractivity contribution in [2.45, 2.75) is 31.6 Å². The van der Waals surface area contributed by atoms with Crippen LogP contribution in [0.5, 0.6) is 0 Å². The standard InChI is InChI=1S/C23H27N3OS2/c1-17-10-11-20-22(18(17)2)24-23(29-20)26-14-12-25(13-15-26)21(27)9-6-16-28-19-7-4-3-5-8-19/h3-5,7-8,10-11H,6,9,12-16H2,1-2H3. The first-order chi connectivity index (χ1) is 14.1. The number of piperazine rings is 1. The zero-order valence-corrected chi connectivity index (χ0v) is 18.7. The average molecular weight is 426 g/mol. The number of rotatable bonds is 6. The van der Waals surface area contributed by atoms with Gasteiger partial charge in [-0.1, -0.05) is 35.6 Å². The Morgan fingerprint density at radius 3 is 2.59 bits per heavy atom. The van der Waals surface area contributed by atoms with Crippen LogP contribution in [-0.4, -0.2) is 47.7 Å². The van der Waals surface area contributed by atoms with E-state index in [1.165, 1.54) is 20.7 Å². The zero-order chi connectivity index (χ0) is 20.2. The second-order valence-corrected chi connectivity index (χ2v) is 9.66. The van der Waals surface area contributed by atoms with Gasteiger partial charge in [0.2, 0.25) is 5.91 Å². The topological polar surface area (TPSA) is 36.4 Å². The summed E-state index contributed by atoms with van der Waals surface area (Å²) in [6.45, 7) is 7.59. The molecule has 2 heterocycles. The van der Waals surface area contributed by atoms with Gasteiger partial charge in [0, 0.05) is 37.5 Å². The molecule has 1 saturated heterocycles. The highest BCUT2D eigenvalue weighted by molar-refractivity contribution is 7.99. The van der Waals surface area contributed by atoms with Crippen molar-refractivity contribution in [3.8, 4) is 0 Å². The third-order valence-corrected chi connectivity index (χ3v) is 7.70. The molecular formula is C23H27N3OS2. The van der Waals surface area contributed by atoms with Gasteiger partial charge in [-0.25, -0.2) is 4.98 Å². The van der Waals surface area contributed by atoms with Crippen LogP contribution in [0.1, 0.15) is 24.0 Å². The van der Waals surface area contributed by atoms with Gasteiger partial charge >= 0.3 is 0 Å². The van der Waals surface area contributed by atoms with Crippen molar-refractivity contribution in [2.75, 3.05) is 36.8 Å². The number of nitrogens with zero attached hydrogens (tertiary/aromatic N) is 3. The lowest BCUT2D eigenvalue weighted by Gasteiger charge is -2.34. The molecule has 0 unspecified atom stereocenters. The largest absolute Gasteiger partial charge is 0.345 e. The van der Waals surface area contributed by atoms with Gasteiger partial charge in [0.05, 0.1) is 10.2 Å². The minimum atomic E-state index is 0.286. The molecule has 1 amide bonds. The average Bonchev–Trinajstić information content (AvgIpc) is 3.20. The molecule has 1 aliphatic rings. The van der Waals surface area contributed by atoms with E-state index in [9.17, 15) is 4.79 Å². The van der Waals surface area contributed by atoms with Crippen molar-refractivity contribution in [1.82, 2.24) is 9.88 Å². The van der Waals surface area contributed by atoms with Crippen molar-refractivity contribution in [3.05, 3.63) is 53.6 Å². The smallest absolute Gasteiger partial charge is 0.222 e. The van der Waals surface area contributed by atoms with Gasteiger partial charge < -0.3 is 9.80 Å². The number of thioether (sulfide) groups is 1. The summed E-state index contributed by atoms with van der Waals surface area (Å²) >= 11 is 3.58. The zero-order valence-electron chi connectivity index (χ0n) is 17.1. The normalized spacial score (nSPS) is 14.6. The summed E-state index contributed by atoms with van der Waals surface area (Å²) in [5.74, 6) is 1.27. The summed E-state index contributed by atoms with van der Waals surface area (Å²) in [6.07, 6.45) is 1.56. The van der Waals surface area contributed by atoms with Gasteiger partial charge in [-0.3, -0.25) is 4.79 Å². The monoisotopic (exact) mass is 425 g/mol. The van der Waals surface area contributed by atoms with Crippen molar-refractivity contribution < 1.29 is 4.79 Å². The summed E-state index contributed by atoms with van der Waals surface area (Å²) in [6, 6.07) is 14.7. The summed E-state index contributed by atoms with van der Waals surface area (Å²) in [5.41, 5.74) is 3.68. The molecule has 0 aliphatic carbocycles. The lowest BCUT2D eigenvalue weighted by molar-refractivity contribution is -0.131. The molecule has 29 heavy (non-hydrogen) atoms. The van der Waals surface area contributed by atoms with E-state index in [1.807, 2.05) is 22.7 Å². The van der Waals surface area contributed by atoms with Crippen LogP contribution in [0.4, 0.5) is 5.13 Å². The molecule has 0 spiro atoms. The predicted octanol–water partition coefficient (Wildman–Crippen LogP) is 5.13. The molecule has 4 nitrogen and oxygen atoms in total. The maximum absolute atomic E-state index is 12.6. The van der Waals surface area contributed by atoms with E-state index in [0.29, 0.717) is 6.42 Å². The summed E-state index contributed by atoms with van der Waals surface area (Å²) in [5, 5.41) is 1.08. The van der Waals surface area contributed by atoms with Gasteiger partial charge in [-0.05, 0) is 55.3 Å². The van der Waals surface area contributed by atoms with E-state index in [-0.39, 0.29) is 5.91 Å². The number of thiazole rings is 1. The fraction of sp³-hybridized carbons (Fsp3) is 0.391. The van der Waals surface area contributed by atoms with Gasteiger partial charge in [0.1, 0.15) is 0 Å². The Morgan fingerprint density at radius 1 is 1.07 bits per heavy atom. The molecule has 4 rings (SSSR count). The number of carbonyl (C=O) groups excluding carboxylic acids is 1. The van der Waals surface area contributed by atoms with Crippen LogP contribution in [0.25, 0.3) is 10.2 Å². The highest BCUT2D eigenvalue weighted by atomic mass is 32.2. The van der Waals surface area contributed by atoms with Crippen LogP contribution >= 0.6 is 23.1 Å². The van der Waals surface area contributed by atoms with Gasteiger partial charge in [0.15, 0.2) is 5.13 Å². The SMILES string of the molecule is Cc1ccc2sc(N3CCN(C(=O)CCCSc4ccccc4)CC3)nc2c1C. The first kappa shape index (κ1) is 20.2. The predicted molar refractivity (Wildman–Crippen MR) is 124 cm³/mol. The van der Waals surface area contributed by atoms with Crippen molar-refractivity contribution in [3.63, 3.8) is 0 Å². The van der Waals surface area contributed by atoms with Crippen LogP contribution in [-0.2, 0) is 4.79 Å². The van der Waals surface area contributed by atoms with Gasteiger partial charge in [-0.15, -0.1) is 11.8 Å². The number of fused-ring (bicyclic) bond motifs is 1. The Kier molecular flexibility index (Phi) is 6.40. The van der Waals surface area contributed by atoms with Crippen molar-refractivity contribution >= 4 is 44.4 Å². The summed E-state index contributed by atoms with van der Waals surface area (Å²) in [7, 11) is 0. The van der Waals surface area contributed by atoms with E-state index in [4.69, 9.17) is 4.98 Å². The van der Waals surface area contributed by atoms with Gasteiger partial charge in [0.25, 0.3) is 0 Å². The second kappa shape index (κ2) is 9.18. The lowest BCUT2D eigenvalue weighted by Crippen LogP contribution is -2.48. The Balaban J connectivity index is 1.26. The van der Waals surface area contributed by atoms with Crippen LogP contribution < -0.4 is 4.90 Å². The molecule has 0 N–H and O–H groups in total. The summed E-state index contributed by atoms with van der Waals surface area (Å²) in [4.78, 5) is 23.1. The molecule has 1 aliphatic heterocycles. The van der Waals surface area contributed by atoms with Crippen LogP contribution in [0.3, 0.4) is 0 Å². The van der Waals surface area contributed by atoms with E-state index in [2.05, 4.69) is 55.1 Å². The van der Waals surface area contributed by atoms with Crippen LogP contribution in [0.2, 0.25) is 0 Å². The molecule has 6 heteroatoms. The maximum Gasteiger partial charge on any atom is 0.222 e. The molecule has 152 valence electrons. The number of carbonyl (C=O) groups is 1. The van der Waals surface area contributed by atoms with E-state index >= 15 is 0 Å². The minimum Gasteiger partial charge on any atom is -0.345 e. The lowest BCUT2D eigenvalue weighted by atomic mass is 10.1. The number of hydrogen-bond acceptors (Lipinski definition) is 5. The fourth-order valence-corrected chi connectivity index (χ4v) is 5.54. The first-order valence-electron chi connectivity index (χ1n) is 10.2. The number of aryl methyl sites for hydroxylation is 2. The van der Waals surface area contributed by atoms with E-state index < -0.39 is 0 Å². The molecule has 0 radical (unpaired) electrons. The van der Waals surface area contributed by atoms with Crippen LogP contribution in [0.15, 0.2) is 47.4 Å². The molecule has 2 aromatic carbocycles. The number of anilines is 1. The second-order valence-electron chi connectivity index (χ2n) is 7.48. The number of benzene rings is 2. The Bertz CT molecular complexity index is 978. The van der Waals surface area contributed by atoms with E-state index in [0.717, 1.165) is 49.0 Å². The first-order valence-corrected chi connectivity index (χ1v) is 12.0. The van der Waals surface area contributed by atoms with Crippen LogP contribution in [0, 0.1) is 13.8 Å². The highest BCUT2D eigenvalue weighted by Crippen LogP contribution is 2.32. The molecule has 0 saturated carbocycles. The molecule has 3 aromatic rings. The molecular weight excluding hydrogens is 398 g/mol. The molecule has 1 fully saturated rings. The highest BCUT2D eigenvalue weighted by Gasteiger charge is 2.23. The molecule has 0 bridgehead atoms. The Hall–Kier alpha value is -2.05.